The number of carbonyl (C=O) groups is 1. The fourth-order valence-corrected chi connectivity index (χ4v) is 4.41. The third kappa shape index (κ3) is 2.60. The van der Waals surface area contributed by atoms with Gasteiger partial charge in [0.05, 0.1) is 11.7 Å². The van der Waals surface area contributed by atoms with Crippen LogP contribution in [0.5, 0.6) is 0 Å². The molecular formula is C20H30O2. The van der Waals surface area contributed by atoms with Crippen LogP contribution >= 0.6 is 0 Å². The number of carbonyl (C=O) groups excluding carboxylic acids is 1. The van der Waals surface area contributed by atoms with E-state index in [-0.39, 0.29) is 11.0 Å². The van der Waals surface area contributed by atoms with Crippen molar-refractivity contribution in [3.05, 3.63) is 23.3 Å². The fourth-order valence-electron chi connectivity index (χ4n) is 4.41. The Kier molecular flexibility index (Phi) is 3.87. The maximum atomic E-state index is 12.7. The highest BCUT2D eigenvalue weighted by molar-refractivity contribution is 5.98. The van der Waals surface area contributed by atoms with Gasteiger partial charge in [-0.1, -0.05) is 38.0 Å². The number of hydrogen-bond acceptors (Lipinski definition) is 2. The highest BCUT2D eigenvalue weighted by Gasteiger charge is 2.53. The normalized spacial score (nSPS) is 42.2. The molecule has 0 aromatic carbocycles. The van der Waals surface area contributed by atoms with Crippen LogP contribution in [0.25, 0.3) is 0 Å². The summed E-state index contributed by atoms with van der Waals surface area (Å²) in [6.07, 6.45) is 9.95. The van der Waals surface area contributed by atoms with Gasteiger partial charge in [0.15, 0.2) is 5.78 Å². The largest absolute Gasteiger partial charge is 0.366 e. The maximum absolute atomic E-state index is 12.7. The molecule has 1 aliphatic heterocycles. The molecule has 1 heterocycles. The summed E-state index contributed by atoms with van der Waals surface area (Å²) in [5, 5.41) is 0. The van der Waals surface area contributed by atoms with Gasteiger partial charge in [0.2, 0.25) is 0 Å². The monoisotopic (exact) mass is 302 g/mol. The van der Waals surface area contributed by atoms with Gasteiger partial charge in [-0.15, -0.1) is 0 Å². The molecule has 0 amide bonds. The lowest BCUT2D eigenvalue weighted by atomic mass is 9.69. The van der Waals surface area contributed by atoms with E-state index in [9.17, 15) is 4.79 Å². The molecule has 2 nitrogen and oxygen atoms in total. The van der Waals surface area contributed by atoms with E-state index in [4.69, 9.17) is 4.74 Å². The molecule has 3 rings (SSSR count). The third-order valence-corrected chi connectivity index (χ3v) is 6.34. The van der Waals surface area contributed by atoms with Crippen LogP contribution in [0.1, 0.15) is 66.7 Å². The minimum Gasteiger partial charge on any atom is -0.366 e. The zero-order chi connectivity index (χ0) is 16.1. The van der Waals surface area contributed by atoms with E-state index in [0.717, 1.165) is 32.1 Å². The van der Waals surface area contributed by atoms with E-state index in [1.165, 1.54) is 11.1 Å². The number of fused-ring (bicyclic) bond motifs is 2. The molecule has 2 heteroatoms. The highest BCUT2D eigenvalue weighted by Crippen LogP contribution is 2.52. The lowest BCUT2D eigenvalue weighted by Gasteiger charge is -2.33. The zero-order valence-corrected chi connectivity index (χ0v) is 14.7. The first-order valence-electron chi connectivity index (χ1n) is 8.85. The van der Waals surface area contributed by atoms with Crippen LogP contribution in [-0.4, -0.2) is 17.5 Å². The van der Waals surface area contributed by atoms with E-state index < -0.39 is 0 Å². The van der Waals surface area contributed by atoms with Crippen molar-refractivity contribution in [2.45, 2.75) is 78.4 Å². The summed E-state index contributed by atoms with van der Waals surface area (Å²) in [4.78, 5) is 12.7. The molecule has 3 aliphatic rings. The number of allylic oxidation sites excluding steroid dienone is 4. The summed E-state index contributed by atoms with van der Waals surface area (Å²) in [5.41, 5.74) is 2.58. The second-order valence-electron chi connectivity index (χ2n) is 8.38. The van der Waals surface area contributed by atoms with Crippen LogP contribution in [-0.2, 0) is 9.53 Å². The second-order valence-corrected chi connectivity index (χ2v) is 8.38. The Balaban J connectivity index is 1.92. The Morgan fingerprint density at radius 1 is 1.27 bits per heavy atom. The molecule has 0 spiro atoms. The molecule has 0 unspecified atom stereocenters. The van der Waals surface area contributed by atoms with E-state index in [1.54, 1.807) is 0 Å². The molecule has 22 heavy (non-hydrogen) atoms. The second kappa shape index (κ2) is 5.33. The van der Waals surface area contributed by atoms with Crippen molar-refractivity contribution in [3.63, 3.8) is 0 Å². The first-order valence-corrected chi connectivity index (χ1v) is 8.85. The Hall–Kier alpha value is -0.890. The Labute approximate surface area is 135 Å². The predicted octanol–water partition coefficient (Wildman–Crippen LogP) is 4.84. The summed E-state index contributed by atoms with van der Waals surface area (Å²) in [5.74, 6) is 1.17. The number of ether oxygens (including phenoxy) is 1. The predicted molar refractivity (Wildman–Crippen MR) is 89.6 cm³/mol. The first-order chi connectivity index (χ1) is 10.3. The third-order valence-electron chi connectivity index (χ3n) is 6.34. The molecular weight excluding hydrogens is 272 g/mol. The van der Waals surface area contributed by atoms with Crippen LogP contribution in [0.3, 0.4) is 0 Å². The molecule has 0 bridgehead atoms. The van der Waals surface area contributed by atoms with Crippen molar-refractivity contribution in [2.75, 3.05) is 0 Å². The van der Waals surface area contributed by atoms with Crippen molar-refractivity contribution >= 4 is 5.78 Å². The maximum Gasteiger partial charge on any atom is 0.162 e. The highest BCUT2D eigenvalue weighted by atomic mass is 16.6. The van der Waals surface area contributed by atoms with Crippen LogP contribution in [0.15, 0.2) is 23.3 Å². The topological polar surface area (TPSA) is 29.6 Å². The molecule has 4 atom stereocenters. The summed E-state index contributed by atoms with van der Waals surface area (Å²) in [6.45, 7) is 11.1. The Morgan fingerprint density at radius 3 is 2.68 bits per heavy atom. The van der Waals surface area contributed by atoms with Crippen molar-refractivity contribution < 1.29 is 9.53 Å². The van der Waals surface area contributed by atoms with Crippen LogP contribution in [0.2, 0.25) is 0 Å². The smallest absolute Gasteiger partial charge is 0.162 e. The number of rotatable bonds is 1. The molecule has 0 N–H and O–H groups in total. The van der Waals surface area contributed by atoms with Crippen LogP contribution in [0.4, 0.5) is 0 Å². The van der Waals surface area contributed by atoms with Crippen molar-refractivity contribution in [1.82, 2.24) is 0 Å². The van der Waals surface area contributed by atoms with Gasteiger partial charge < -0.3 is 4.74 Å². The molecule has 1 fully saturated rings. The molecule has 122 valence electrons. The van der Waals surface area contributed by atoms with Gasteiger partial charge in [-0.3, -0.25) is 4.79 Å². The van der Waals surface area contributed by atoms with Crippen molar-refractivity contribution in [3.8, 4) is 0 Å². The Bertz CT molecular complexity index is 542. The summed E-state index contributed by atoms with van der Waals surface area (Å²) in [6, 6.07) is 0. The van der Waals surface area contributed by atoms with Crippen molar-refractivity contribution in [2.24, 2.45) is 17.3 Å². The first kappa shape index (κ1) is 16.0. The average Bonchev–Trinajstić information content (AvgIpc) is 3.03. The van der Waals surface area contributed by atoms with Crippen molar-refractivity contribution in [1.29, 1.82) is 0 Å². The van der Waals surface area contributed by atoms with E-state index in [2.05, 4.69) is 40.7 Å². The standard InChI is InChI=1S/C20H30O2/c1-13(2)15-12-17(21)19(4)10-8-14(3)6-7-18-20(5,22-18)11-9-16(15)19/h8,12-13,16,18H,6-7,9-11H2,1-5H3/t16-,18-,19+,20-/m0/s1. The van der Waals surface area contributed by atoms with Gasteiger partial charge in [0.1, 0.15) is 0 Å². The van der Waals surface area contributed by atoms with Crippen LogP contribution < -0.4 is 0 Å². The molecule has 2 aliphatic carbocycles. The summed E-state index contributed by atoms with van der Waals surface area (Å²) in [7, 11) is 0. The van der Waals surface area contributed by atoms with Gasteiger partial charge in [-0.25, -0.2) is 0 Å². The van der Waals surface area contributed by atoms with Gasteiger partial charge >= 0.3 is 0 Å². The molecule has 0 saturated carbocycles. The number of ketones is 1. The van der Waals surface area contributed by atoms with E-state index in [0.29, 0.717) is 23.7 Å². The van der Waals surface area contributed by atoms with Gasteiger partial charge in [-0.2, -0.15) is 0 Å². The van der Waals surface area contributed by atoms with Gasteiger partial charge in [0.25, 0.3) is 0 Å². The van der Waals surface area contributed by atoms with E-state index >= 15 is 0 Å². The SMILES string of the molecule is CC1=CC[C@@]2(C)C(=O)C=C(C(C)C)[C@@H]2CC[C@]2(C)O[C@H]2CC1. The summed E-state index contributed by atoms with van der Waals surface area (Å²) >= 11 is 0. The number of hydrogen-bond donors (Lipinski definition) is 0. The molecule has 0 aromatic heterocycles. The van der Waals surface area contributed by atoms with Gasteiger partial charge in [0, 0.05) is 5.41 Å². The Morgan fingerprint density at radius 2 is 2.00 bits per heavy atom. The minimum absolute atomic E-state index is 0.0548. The van der Waals surface area contributed by atoms with Crippen LogP contribution in [0, 0.1) is 17.3 Å². The van der Waals surface area contributed by atoms with E-state index in [1.807, 2.05) is 6.08 Å². The molecule has 0 aromatic rings. The number of epoxide rings is 1. The fraction of sp³-hybridized carbons (Fsp3) is 0.750. The quantitative estimate of drug-likeness (QED) is 0.512. The summed E-state index contributed by atoms with van der Waals surface area (Å²) < 4.78 is 6.00. The lowest BCUT2D eigenvalue weighted by molar-refractivity contribution is -0.123. The molecule has 0 radical (unpaired) electrons. The molecule has 1 saturated heterocycles. The minimum atomic E-state index is -0.244. The van der Waals surface area contributed by atoms with Gasteiger partial charge in [-0.05, 0) is 63.9 Å². The lowest BCUT2D eigenvalue weighted by Crippen LogP contribution is -2.32. The zero-order valence-electron chi connectivity index (χ0n) is 14.7. The average molecular weight is 302 g/mol.